The number of urea groups is 1. The van der Waals surface area contributed by atoms with Crippen LogP contribution in [-0.4, -0.2) is 65.7 Å². The van der Waals surface area contributed by atoms with E-state index in [2.05, 4.69) is 10.6 Å². The van der Waals surface area contributed by atoms with Crippen molar-refractivity contribution in [3.63, 3.8) is 0 Å². The van der Waals surface area contributed by atoms with Crippen LogP contribution in [0, 0.1) is 11.8 Å². The van der Waals surface area contributed by atoms with E-state index < -0.39 is 35.7 Å². The van der Waals surface area contributed by atoms with Crippen molar-refractivity contribution in [1.82, 2.24) is 15.5 Å². The van der Waals surface area contributed by atoms with Crippen molar-refractivity contribution >= 4 is 23.9 Å². The first-order chi connectivity index (χ1) is 9.85. The lowest BCUT2D eigenvalue weighted by Crippen LogP contribution is -2.47. The number of hydrogen-bond donors (Lipinski definition) is 4. The molecule has 0 spiro atoms. The summed E-state index contributed by atoms with van der Waals surface area (Å²) in [6.07, 6.45) is 0.265. The number of imide groups is 1. The summed E-state index contributed by atoms with van der Waals surface area (Å²) in [5, 5.41) is 22.4. The number of amides is 3. The van der Waals surface area contributed by atoms with Crippen LogP contribution in [0.4, 0.5) is 4.79 Å². The number of likely N-dealkylation sites (tertiary alicyclic amines) is 1. The zero-order valence-corrected chi connectivity index (χ0v) is 11.7. The van der Waals surface area contributed by atoms with Crippen molar-refractivity contribution in [3.05, 3.63) is 0 Å². The van der Waals surface area contributed by atoms with E-state index in [0.29, 0.717) is 6.54 Å². The average molecular weight is 301 g/mol. The smallest absolute Gasteiger partial charge is 0.321 e. The quantitative estimate of drug-likeness (QED) is 0.508. The number of piperidine rings is 1. The molecule has 0 radical (unpaired) electrons. The first-order valence-corrected chi connectivity index (χ1v) is 6.54. The van der Waals surface area contributed by atoms with Gasteiger partial charge in [0.1, 0.15) is 0 Å². The molecule has 1 rings (SSSR count). The highest BCUT2D eigenvalue weighted by Gasteiger charge is 2.38. The molecule has 4 N–H and O–H groups in total. The minimum absolute atomic E-state index is 0.0392. The lowest BCUT2D eigenvalue weighted by Gasteiger charge is -2.34. The Labute approximate surface area is 121 Å². The third kappa shape index (κ3) is 5.03. The second kappa shape index (κ2) is 7.58. The van der Waals surface area contributed by atoms with E-state index >= 15 is 0 Å². The summed E-state index contributed by atoms with van der Waals surface area (Å²) < 4.78 is 0. The van der Waals surface area contributed by atoms with Crippen molar-refractivity contribution in [1.29, 1.82) is 0 Å². The Balaban J connectivity index is 2.48. The van der Waals surface area contributed by atoms with E-state index in [-0.39, 0.29) is 25.9 Å². The SMILES string of the molecule is CNC(=O)NC(=O)CCN1CCC(C(=O)O)C(C(=O)O)C1. The number of aliphatic carboxylic acids is 2. The molecule has 1 saturated heterocycles. The molecule has 0 aromatic rings. The van der Waals surface area contributed by atoms with Gasteiger partial charge in [-0.1, -0.05) is 0 Å². The fraction of sp³-hybridized carbons (Fsp3) is 0.667. The first-order valence-electron chi connectivity index (χ1n) is 6.54. The molecule has 1 fully saturated rings. The summed E-state index contributed by atoms with van der Waals surface area (Å²) in [5.74, 6) is -4.63. The summed E-state index contributed by atoms with van der Waals surface area (Å²) in [6, 6.07) is -0.604. The van der Waals surface area contributed by atoms with Crippen LogP contribution < -0.4 is 10.6 Å². The maximum atomic E-state index is 11.4. The summed E-state index contributed by atoms with van der Waals surface area (Å²) >= 11 is 0. The Morgan fingerprint density at radius 1 is 1.14 bits per heavy atom. The molecule has 0 aromatic carbocycles. The van der Waals surface area contributed by atoms with Crippen LogP contribution in [0.3, 0.4) is 0 Å². The zero-order chi connectivity index (χ0) is 16.0. The Bertz CT molecular complexity index is 439. The fourth-order valence-corrected chi connectivity index (χ4v) is 2.28. The maximum absolute atomic E-state index is 11.4. The number of nitrogens with zero attached hydrogens (tertiary/aromatic N) is 1. The van der Waals surface area contributed by atoms with Crippen molar-refractivity contribution in [2.45, 2.75) is 12.8 Å². The van der Waals surface area contributed by atoms with E-state index in [1.807, 2.05) is 0 Å². The van der Waals surface area contributed by atoms with Crippen molar-refractivity contribution < 1.29 is 29.4 Å². The van der Waals surface area contributed by atoms with Gasteiger partial charge in [0, 0.05) is 26.6 Å². The predicted molar refractivity (Wildman–Crippen MR) is 70.5 cm³/mol. The van der Waals surface area contributed by atoms with Crippen LogP contribution in [0.5, 0.6) is 0 Å². The Morgan fingerprint density at radius 2 is 1.76 bits per heavy atom. The van der Waals surface area contributed by atoms with E-state index in [1.54, 1.807) is 4.90 Å². The molecule has 9 nitrogen and oxygen atoms in total. The highest BCUT2D eigenvalue weighted by atomic mass is 16.4. The van der Waals surface area contributed by atoms with Gasteiger partial charge in [0.25, 0.3) is 0 Å². The molecule has 1 aliphatic rings. The summed E-state index contributed by atoms with van der Waals surface area (Å²) in [7, 11) is 1.39. The van der Waals surface area contributed by atoms with Crippen molar-refractivity contribution in [2.75, 3.05) is 26.7 Å². The summed E-state index contributed by atoms with van der Waals surface area (Å²) in [5.41, 5.74) is 0. The van der Waals surface area contributed by atoms with Gasteiger partial charge in [0.05, 0.1) is 11.8 Å². The van der Waals surface area contributed by atoms with Gasteiger partial charge < -0.3 is 20.4 Å². The van der Waals surface area contributed by atoms with Crippen LogP contribution in [0.15, 0.2) is 0 Å². The second-order valence-electron chi connectivity index (χ2n) is 4.86. The van der Waals surface area contributed by atoms with Gasteiger partial charge in [-0.15, -0.1) is 0 Å². The van der Waals surface area contributed by atoms with E-state index in [0.717, 1.165) is 0 Å². The normalized spacial score (nSPS) is 22.3. The molecule has 0 aliphatic carbocycles. The molecule has 2 unspecified atom stereocenters. The minimum atomic E-state index is -1.15. The molecular formula is C12H19N3O6. The number of carboxylic acids is 2. The van der Waals surface area contributed by atoms with Gasteiger partial charge in [-0.05, 0) is 13.0 Å². The second-order valence-corrected chi connectivity index (χ2v) is 4.86. The molecule has 1 aliphatic heterocycles. The molecule has 2 atom stereocenters. The lowest BCUT2D eigenvalue weighted by molar-refractivity contribution is -0.157. The van der Waals surface area contributed by atoms with Crippen LogP contribution in [0.25, 0.3) is 0 Å². The summed E-state index contributed by atoms with van der Waals surface area (Å²) in [4.78, 5) is 46.2. The number of nitrogens with one attached hydrogen (secondary N) is 2. The highest BCUT2D eigenvalue weighted by molar-refractivity contribution is 5.94. The standard InChI is InChI=1S/C12H19N3O6/c1-13-12(21)14-9(16)3-5-15-4-2-7(10(17)18)8(6-15)11(19)20/h7-8H,2-6H2,1H3,(H,17,18)(H,19,20)(H2,13,14,16,21). The van der Waals surface area contributed by atoms with E-state index in [4.69, 9.17) is 10.2 Å². The number of carbonyl (C=O) groups excluding carboxylic acids is 2. The van der Waals surface area contributed by atoms with Crippen LogP contribution in [0.2, 0.25) is 0 Å². The molecule has 9 heteroatoms. The first kappa shape index (κ1) is 16.9. The average Bonchev–Trinajstić information content (AvgIpc) is 2.44. The monoisotopic (exact) mass is 301 g/mol. The van der Waals surface area contributed by atoms with Gasteiger partial charge in [-0.2, -0.15) is 0 Å². The van der Waals surface area contributed by atoms with Crippen molar-refractivity contribution in [3.8, 4) is 0 Å². The molecule has 1 heterocycles. The topological polar surface area (TPSA) is 136 Å². The number of rotatable bonds is 5. The third-order valence-corrected chi connectivity index (χ3v) is 3.47. The van der Waals surface area contributed by atoms with Gasteiger partial charge in [0.2, 0.25) is 5.91 Å². The molecule has 21 heavy (non-hydrogen) atoms. The van der Waals surface area contributed by atoms with Crippen molar-refractivity contribution in [2.24, 2.45) is 11.8 Å². The van der Waals surface area contributed by atoms with Gasteiger partial charge >= 0.3 is 18.0 Å². The number of carboxylic acid groups (broad SMARTS) is 2. The van der Waals surface area contributed by atoms with E-state index in [9.17, 15) is 19.2 Å². The zero-order valence-electron chi connectivity index (χ0n) is 11.7. The number of carbonyl (C=O) groups is 4. The highest BCUT2D eigenvalue weighted by Crippen LogP contribution is 2.24. The third-order valence-electron chi connectivity index (χ3n) is 3.47. The van der Waals surface area contributed by atoms with Crippen LogP contribution >= 0.6 is 0 Å². The van der Waals surface area contributed by atoms with Gasteiger partial charge in [-0.3, -0.25) is 19.7 Å². The van der Waals surface area contributed by atoms with Crippen LogP contribution in [-0.2, 0) is 14.4 Å². The van der Waals surface area contributed by atoms with Gasteiger partial charge in [-0.25, -0.2) is 4.79 Å². The summed E-state index contributed by atoms with van der Waals surface area (Å²) in [6.45, 7) is 0.770. The Hall–Kier alpha value is -2.16. The molecular weight excluding hydrogens is 282 g/mol. The largest absolute Gasteiger partial charge is 0.481 e. The fourth-order valence-electron chi connectivity index (χ4n) is 2.28. The Kier molecular flexibility index (Phi) is 6.10. The van der Waals surface area contributed by atoms with Gasteiger partial charge in [0.15, 0.2) is 0 Å². The maximum Gasteiger partial charge on any atom is 0.321 e. The molecule has 0 bridgehead atoms. The van der Waals surface area contributed by atoms with Crippen LogP contribution in [0.1, 0.15) is 12.8 Å². The molecule has 118 valence electrons. The molecule has 3 amide bonds. The molecule has 0 aromatic heterocycles. The molecule has 0 saturated carbocycles. The van der Waals surface area contributed by atoms with E-state index in [1.165, 1.54) is 7.05 Å². The predicted octanol–water partition coefficient (Wildman–Crippen LogP) is -1.06. The Morgan fingerprint density at radius 3 is 2.29 bits per heavy atom. The lowest BCUT2D eigenvalue weighted by atomic mass is 9.85. The minimum Gasteiger partial charge on any atom is -0.481 e. The number of hydrogen-bond acceptors (Lipinski definition) is 5.